The number of halogens is 2. The van der Waals surface area contributed by atoms with Gasteiger partial charge < -0.3 is 11.1 Å². The minimum Gasteiger partial charge on any atom is -0.368 e. The van der Waals surface area contributed by atoms with Crippen molar-refractivity contribution in [3.8, 4) is 0 Å². The maximum absolute atomic E-state index is 13.3. The molecule has 0 radical (unpaired) electrons. The zero-order valence-corrected chi connectivity index (χ0v) is 22.5. The third kappa shape index (κ3) is 5.27. The monoisotopic (exact) mass is 569 g/mol. The van der Waals surface area contributed by atoms with Crippen molar-refractivity contribution in [2.45, 2.75) is 35.6 Å². The molecular weight excluding hydrogens is 545 g/mol. The lowest BCUT2D eigenvalue weighted by atomic mass is 9.76. The van der Waals surface area contributed by atoms with E-state index in [2.05, 4.69) is 9.71 Å². The first-order valence-corrected chi connectivity index (χ1v) is 14.2. The Balaban J connectivity index is 1.60. The molecule has 1 unspecified atom stereocenters. The predicted octanol–water partition coefficient (Wildman–Crippen LogP) is 4.54. The SMILES string of the molecule is NC(=O)C1(N/C(=N/S(=O)(=O)c2ccc(Cl)cc2)N2CC(c3ccccc3)C(c3ccc(Cl)cc3)=N2)CCC1. The molecule has 0 spiro atoms. The van der Waals surface area contributed by atoms with E-state index in [0.717, 1.165) is 17.5 Å². The minimum atomic E-state index is -4.18. The van der Waals surface area contributed by atoms with Crippen molar-refractivity contribution >= 4 is 50.8 Å². The van der Waals surface area contributed by atoms with Crippen LogP contribution in [0.2, 0.25) is 10.0 Å². The molecule has 0 saturated heterocycles. The Morgan fingerprint density at radius 3 is 2.13 bits per heavy atom. The largest absolute Gasteiger partial charge is 0.368 e. The number of carbonyl (C=O) groups is 1. The number of nitrogens with zero attached hydrogens (tertiary/aromatic N) is 3. The normalized spacial score (nSPS) is 19.0. The Morgan fingerprint density at radius 1 is 0.974 bits per heavy atom. The highest BCUT2D eigenvalue weighted by Gasteiger charge is 2.45. The minimum absolute atomic E-state index is 0.0383. The number of nitrogens with one attached hydrogen (secondary N) is 1. The highest BCUT2D eigenvalue weighted by molar-refractivity contribution is 7.90. The van der Waals surface area contributed by atoms with Gasteiger partial charge in [0.05, 0.1) is 17.2 Å². The molecule has 1 aliphatic carbocycles. The third-order valence-corrected chi connectivity index (χ3v) is 8.63. The van der Waals surface area contributed by atoms with Gasteiger partial charge in [-0.1, -0.05) is 65.7 Å². The molecule has 1 saturated carbocycles. The van der Waals surface area contributed by atoms with E-state index >= 15 is 0 Å². The van der Waals surface area contributed by atoms with E-state index < -0.39 is 21.5 Å². The topological polar surface area (TPSA) is 117 Å². The zero-order chi connectivity index (χ0) is 26.9. The smallest absolute Gasteiger partial charge is 0.285 e. The summed E-state index contributed by atoms with van der Waals surface area (Å²) in [6, 6.07) is 22.8. The molecule has 8 nitrogen and oxygen atoms in total. The van der Waals surface area contributed by atoms with E-state index in [1.807, 2.05) is 42.5 Å². The summed E-state index contributed by atoms with van der Waals surface area (Å²) in [7, 11) is -4.18. The molecule has 1 fully saturated rings. The van der Waals surface area contributed by atoms with Crippen LogP contribution in [-0.2, 0) is 14.8 Å². The van der Waals surface area contributed by atoms with Gasteiger partial charge in [0.2, 0.25) is 11.9 Å². The van der Waals surface area contributed by atoms with Crippen LogP contribution in [0.25, 0.3) is 0 Å². The first kappa shape index (κ1) is 26.2. The van der Waals surface area contributed by atoms with Gasteiger partial charge >= 0.3 is 0 Å². The van der Waals surface area contributed by atoms with Crippen molar-refractivity contribution in [3.63, 3.8) is 0 Å². The fourth-order valence-corrected chi connectivity index (χ4v) is 5.75. The Hall–Kier alpha value is -3.40. The Labute approximate surface area is 231 Å². The molecule has 196 valence electrons. The molecule has 2 aliphatic rings. The molecule has 1 atom stereocenters. The van der Waals surface area contributed by atoms with E-state index in [0.29, 0.717) is 35.1 Å². The molecule has 5 rings (SSSR count). The second-order valence-electron chi connectivity index (χ2n) is 9.31. The van der Waals surface area contributed by atoms with E-state index in [1.165, 1.54) is 29.3 Å². The number of hydrazone groups is 1. The lowest BCUT2D eigenvalue weighted by Gasteiger charge is -2.41. The zero-order valence-electron chi connectivity index (χ0n) is 20.2. The number of carbonyl (C=O) groups excluding carboxylic acids is 1. The number of rotatable bonds is 6. The fraction of sp³-hybridized carbons (Fsp3) is 0.222. The van der Waals surface area contributed by atoms with E-state index in [-0.39, 0.29) is 16.8 Å². The van der Waals surface area contributed by atoms with Crippen molar-refractivity contribution < 1.29 is 13.2 Å². The molecule has 3 aromatic carbocycles. The van der Waals surface area contributed by atoms with Gasteiger partial charge in [0.15, 0.2) is 0 Å². The number of hydrogen-bond acceptors (Lipinski definition) is 4. The van der Waals surface area contributed by atoms with Crippen LogP contribution in [0.1, 0.15) is 36.3 Å². The molecular formula is C27H25Cl2N5O3S. The number of benzene rings is 3. The maximum Gasteiger partial charge on any atom is 0.285 e. The van der Waals surface area contributed by atoms with Crippen molar-refractivity contribution in [1.82, 2.24) is 10.3 Å². The van der Waals surface area contributed by atoms with Gasteiger partial charge in [0, 0.05) is 16.0 Å². The molecule has 11 heteroatoms. The van der Waals surface area contributed by atoms with Crippen LogP contribution in [0, 0.1) is 0 Å². The lowest BCUT2D eigenvalue weighted by Crippen LogP contribution is -2.63. The molecule has 0 bridgehead atoms. The average molecular weight is 571 g/mol. The third-order valence-electron chi connectivity index (χ3n) is 6.85. The first-order valence-electron chi connectivity index (χ1n) is 12.0. The van der Waals surface area contributed by atoms with Gasteiger partial charge in [0.25, 0.3) is 10.0 Å². The van der Waals surface area contributed by atoms with Crippen molar-refractivity contribution in [3.05, 3.63) is 100 Å². The molecule has 1 amide bonds. The summed E-state index contributed by atoms with van der Waals surface area (Å²) in [5.41, 5.74) is 7.18. The summed E-state index contributed by atoms with van der Waals surface area (Å²) in [6.45, 7) is 0.290. The summed E-state index contributed by atoms with van der Waals surface area (Å²) in [6.07, 6.45) is 1.71. The highest BCUT2D eigenvalue weighted by Crippen LogP contribution is 2.34. The van der Waals surface area contributed by atoms with Crippen LogP contribution in [0.4, 0.5) is 0 Å². The summed E-state index contributed by atoms with van der Waals surface area (Å²) >= 11 is 12.1. The Morgan fingerprint density at radius 2 is 1.58 bits per heavy atom. The summed E-state index contributed by atoms with van der Waals surface area (Å²) in [4.78, 5) is 12.4. The highest BCUT2D eigenvalue weighted by atomic mass is 35.5. The second kappa shape index (κ2) is 10.4. The van der Waals surface area contributed by atoms with Crippen LogP contribution in [0.15, 0.2) is 93.3 Å². The van der Waals surface area contributed by atoms with Crippen LogP contribution in [0.3, 0.4) is 0 Å². The second-order valence-corrected chi connectivity index (χ2v) is 11.8. The van der Waals surface area contributed by atoms with Crippen LogP contribution < -0.4 is 11.1 Å². The number of primary amides is 1. The van der Waals surface area contributed by atoms with Gasteiger partial charge in [0.1, 0.15) is 5.54 Å². The van der Waals surface area contributed by atoms with E-state index in [9.17, 15) is 13.2 Å². The standard InChI is InChI=1S/C27H25Cl2N5O3S/c28-20-9-7-19(8-10-20)24-23(18-5-2-1-3-6-18)17-34(32-24)26(31-27(25(30)35)15-4-16-27)33-38(36,37)22-13-11-21(29)12-14-22/h1-3,5-14,23H,4,15-17H2,(H2,30,35)(H,31,33). The number of hydrogen-bond donors (Lipinski definition) is 2. The van der Waals surface area contributed by atoms with Crippen molar-refractivity contribution in [2.24, 2.45) is 15.2 Å². The predicted molar refractivity (Wildman–Crippen MR) is 149 cm³/mol. The van der Waals surface area contributed by atoms with Gasteiger partial charge in [-0.05, 0) is 66.8 Å². The number of amides is 1. The fourth-order valence-electron chi connectivity index (χ4n) is 4.55. The van der Waals surface area contributed by atoms with Crippen molar-refractivity contribution in [2.75, 3.05) is 6.54 Å². The van der Waals surface area contributed by atoms with E-state index in [1.54, 1.807) is 12.1 Å². The number of sulfonamides is 1. The maximum atomic E-state index is 13.3. The Kier molecular flexibility index (Phi) is 7.17. The van der Waals surface area contributed by atoms with Crippen LogP contribution in [-0.4, -0.2) is 43.1 Å². The molecule has 3 aromatic rings. The summed E-state index contributed by atoms with van der Waals surface area (Å²) in [5, 5.41) is 10.4. The van der Waals surface area contributed by atoms with Crippen LogP contribution in [0.5, 0.6) is 0 Å². The van der Waals surface area contributed by atoms with Gasteiger partial charge in [-0.15, -0.1) is 4.40 Å². The molecule has 0 aromatic heterocycles. The van der Waals surface area contributed by atoms with Gasteiger partial charge in [-0.3, -0.25) is 4.79 Å². The van der Waals surface area contributed by atoms with Gasteiger partial charge in [-0.2, -0.15) is 13.5 Å². The number of guanidine groups is 1. The summed E-state index contributed by atoms with van der Waals surface area (Å²) < 4.78 is 30.8. The quantitative estimate of drug-likeness (QED) is 0.334. The van der Waals surface area contributed by atoms with Crippen molar-refractivity contribution in [1.29, 1.82) is 0 Å². The summed E-state index contributed by atoms with van der Waals surface area (Å²) in [5.74, 6) is -0.835. The lowest BCUT2D eigenvalue weighted by molar-refractivity contribution is -0.127. The molecule has 3 N–H and O–H groups in total. The molecule has 1 heterocycles. The van der Waals surface area contributed by atoms with Gasteiger partial charge in [-0.25, -0.2) is 5.01 Å². The average Bonchev–Trinajstić information content (AvgIpc) is 3.32. The van der Waals surface area contributed by atoms with E-state index in [4.69, 9.17) is 34.0 Å². The first-order chi connectivity index (χ1) is 18.2. The molecule has 1 aliphatic heterocycles. The number of nitrogens with two attached hydrogens (primary N) is 1. The Bertz CT molecular complexity index is 1500. The molecule has 38 heavy (non-hydrogen) atoms. The van der Waals surface area contributed by atoms with Crippen LogP contribution >= 0.6 is 23.2 Å².